The van der Waals surface area contributed by atoms with Gasteiger partial charge in [-0.2, -0.15) is 0 Å². The van der Waals surface area contributed by atoms with Crippen LogP contribution in [0.15, 0.2) is 109 Å². The highest BCUT2D eigenvalue weighted by atomic mass is 16.6. The number of esters is 3. The van der Waals surface area contributed by atoms with E-state index in [1.165, 1.54) is 109 Å². The van der Waals surface area contributed by atoms with Gasteiger partial charge in [-0.15, -0.1) is 0 Å². The van der Waals surface area contributed by atoms with E-state index in [0.29, 0.717) is 12.8 Å². The lowest BCUT2D eigenvalue weighted by molar-refractivity contribution is -0.166. The van der Waals surface area contributed by atoms with Gasteiger partial charge in [-0.05, 0) is 103 Å². The van der Waals surface area contributed by atoms with Crippen molar-refractivity contribution < 1.29 is 28.6 Å². The molecule has 1 unspecified atom stereocenters. The van der Waals surface area contributed by atoms with E-state index in [2.05, 4.69) is 118 Å². The Morgan fingerprint density at radius 2 is 0.623 bits per heavy atom. The molecule has 0 saturated heterocycles. The van der Waals surface area contributed by atoms with E-state index in [-0.39, 0.29) is 31.6 Å². The molecule has 0 aliphatic heterocycles. The first-order chi connectivity index (χ1) is 34.0. The minimum Gasteiger partial charge on any atom is -0.462 e. The zero-order valence-electron chi connectivity index (χ0n) is 44.8. The summed E-state index contributed by atoms with van der Waals surface area (Å²) < 4.78 is 16.7. The topological polar surface area (TPSA) is 78.9 Å². The summed E-state index contributed by atoms with van der Waals surface area (Å²) in [4.78, 5) is 38.1. The van der Waals surface area contributed by atoms with Gasteiger partial charge in [0.25, 0.3) is 0 Å². The molecule has 0 aromatic rings. The van der Waals surface area contributed by atoms with Gasteiger partial charge in [0.15, 0.2) is 6.10 Å². The SMILES string of the molecule is CC/C=C\C/C=C\C/C=C\C/C=C\C/C=C\CC(=O)OCC(COC(=O)CCCCCCCCCCC/C=C\CCCCCCCC)OC(=O)CCCCCCCCC/C=C\C/C=C\C/C=C\CC. The first kappa shape index (κ1) is 65.1. The third-order valence-corrected chi connectivity index (χ3v) is 11.8. The van der Waals surface area contributed by atoms with Crippen LogP contribution in [0.25, 0.3) is 0 Å². The predicted octanol–water partition coefficient (Wildman–Crippen LogP) is 19.1. The maximum atomic E-state index is 12.8. The number of hydrogen-bond donors (Lipinski definition) is 0. The molecule has 0 amide bonds. The van der Waals surface area contributed by atoms with Crippen LogP contribution >= 0.6 is 0 Å². The summed E-state index contributed by atoms with van der Waals surface area (Å²) in [6.07, 6.45) is 76.7. The first-order valence-corrected chi connectivity index (χ1v) is 28.4. The van der Waals surface area contributed by atoms with E-state index in [1.54, 1.807) is 6.08 Å². The third kappa shape index (κ3) is 54.9. The van der Waals surface area contributed by atoms with E-state index in [4.69, 9.17) is 14.2 Å². The van der Waals surface area contributed by atoms with Gasteiger partial charge in [0.2, 0.25) is 0 Å². The van der Waals surface area contributed by atoms with Gasteiger partial charge in [0.05, 0.1) is 6.42 Å². The zero-order chi connectivity index (χ0) is 50.0. The quantitative estimate of drug-likeness (QED) is 0.0262. The molecule has 0 N–H and O–H groups in total. The lowest BCUT2D eigenvalue weighted by atomic mass is 10.1. The van der Waals surface area contributed by atoms with Crippen molar-refractivity contribution in [2.45, 2.75) is 258 Å². The molecule has 0 rings (SSSR count). The van der Waals surface area contributed by atoms with Crippen LogP contribution in [0, 0.1) is 0 Å². The van der Waals surface area contributed by atoms with Crippen LogP contribution in [-0.4, -0.2) is 37.2 Å². The largest absolute Gasteiger partial charge is 0.462 e. The second-order valence-electron chi connectivity index (χ2n) is 18.4. The highest BCUT2D eigenvalue weighted by Gasteiger charge is 2.19. The van der Waals surface area contributed by atoms with Crippen molar-refractivity contribution in [1.29, 1.82) is 0 Å². The Bertz CT molecular complexity index is 1420. The Hall–Kier alpha value is -3.93. The van der Waals surface area contributed by atoms with Crippen LogP contribution in [0.4, 0.5) is 0 Å². The number of carbonyl (C=O) groups is 3. The fraction of sp³-hybridized carbons (Fsp3) is 0.667. The normalized spacial score (nSPS) is 12.9. The van der Waals surface area contributed by atoms with E-state index >= 15 is 0 Å². The summed E-state index contributed by atoms with van der Waals surface area (Å²) in [6.45, 7) is 6.32. The number of carbonyl (C=O) groups excluding carboxylic acids is 3. The Labute approximate surface area is 425 Å². The molecule has 0 aromatic heterocycles. The van der Waals surface area contributed by atoms with Crippen LogP contribution in [0.2, 0.25) is 0 Å². The monoisotopic (exact) mass is 957 g/mol. The molecule has 0 aromatic carbocycles. The predicted molar refractivity (Wildman–Crippen MR) is 297 cm³/mol. The minimum absolute atomic E-state index is 0.114. The molecule has 6 nitrogen and oxygen atoms in total. The van der Waals surface area contributed by atoms with Gasteiger partial charge in [0, 0.05) is 12.8 Å². The number of rotatable bonds is 50. The van der Waals surface area contributed by atoms with Crippen molar-refractivity contribution in [3.05, 3.63) is 109 Å². The van der Waals surface area contributed by atoms with Gasteiger partial charge in [-0.3, -0.25) is 14.4 Å². The van der Waals surface area contributed by atoms with Gasteiger partial charge < -0.3 is 14.2 Å². The first-order valence-electron chi connectivity index (χ1n) is 28.4. The Morgan fingerprint density at radius 1 is 0.319 bits per heavy atom. The molecule has 1 atom stereocenters. The maximum absolute atomic E-state index is 12.8. The summed E-state index contributed by atoms with van der Waals surface area (Å²) >= 11 is 0. The molecule has 0 saturated carbocycles. The lowest BCUT2D eigenvalue weighted by Crippen LogP contribution is -2.30. The third-order valence-electron chi connectivity index (χ3n) is 11.8. The van der Waals surface area contributed by atoms with E-state index in [9.17, 15) is 14.4 Å². The molecule has 0 bridgehead atoms. The van der Waals surface area contributed by atoms with Crippen LogP contribution in [0.1, 0.15) is 252 Å². The van der Waals surface area contributed by atoms with E-state index < -0.39 is 12.1 Å². The maximum Gasteiger partial charge on any atom is 0.309 e. The standard InChI is InChI=1S/C63H104O6/c1-4-7-10-13-16-19-22-25-28-30-31-33-35-38-41-44-47-50-53-56-62(65)68-59-60(58-67-61(64)55-52-49-46-43-40-37-34-27-24-21-18-15-12-9-6-3)69-63(66)57-54-51-48-45-42-39-36-32-29-26-23-20-17-14-11-8-5-2/h8-9,11-12,17-18,20-21,25-29,34,40,43,49,52,60H,4-7,10,13-16,19,22-24,30-33,35-39,41-42,44-48,50-51,53-59H2,1-3H3/b11-8-,12-9-,20-17-,21-18-,28-25-,29-26-,34-27-,43-40-,52-49-. The minimum atomic E-state index is -0.826. The zero-order valence-corrected chi connectivity index (χ0v) is 44.8. The smallest absolute Gasteiger partial charge is 0.309 e. The van der Waals surface area contributed by atoms with Crippen LogP contribution < -0.4 is 0 Å². The summed E-state index contributed by atoms with van der Waals surface area (Å²) in [5, 5.41) is 0. The molecule has 0 aliphatic carbocycles. The highest BCUT2D eigenvalue weighted by molar-refractivity contribution is 5.72. The number of allylic oxidation sites excluding steroid dienone is 17. The van der Waals surface area contributed by atoms with Crippen molar-refractivity contribution in [1.82, 2.24) is 0 Å². The van der Waals surface area contributed by atoms with Gasteiger partial charge in [-0.25, -0.2) is 0 Å². The molecule has 6 heteroatoms. The van der Waals surface area contributed by atoms with Gasteiger partial charge in [-0.1, -0.05) is 239 Å². The second-order valence-corrected chi connectivity index (χ2v) is 18.4. The summed E-state index contributed by atoms with van der Waals surface area (Å²) in [5.41, 5.74) is 0. The molecule has 0 aliphatic rings. The summed E-state index contributed by atoms with van der Waals surface area (Å²) in [7, 11) is 0. The average Bonchev–Trinajstić information content (AvgIpc) is 3.35. The Kier molecular flexibility index (Phi) is 53.4. The molecule has 0 radical (unpaired) electrons. The van der Waals surface area contributed by atoms with E-state index in [1.807, 2.05) is 6.08 Å². The highest BCUT2D eigenvalue weighted by Crippen LogP contribution is 2.15. The molecular formula is C63H104O6. The Morgan fingerprint density at radius 3 is 1.03 bits per heavy atom. The fourth-order valence-corrected chi connectivity index (χ4v) is 7.58. The van der Waals surface area contributed by atoms with Crippen molar-refractivity contribution in [2.75, 3.05) is 13.2 Å². The van der Waals surface area contributed by atoms with Crippen molar-refractivity contribution in [2.24, 2.45) is 0 Å². The van der Waals surface area contributed by atoms with Crippen molar-refractivity contribution >= 4 is 17.9 Å². The summed E-state index contributed by atoms with van der Waals surface area (Å²) in [5.74, 6) is -1.06. The van der Waals surface area contributed by atoms with E-state index in [0.717, 1.165) is 103 Å². The molecular weight excluding hydrogens is 853 g/mol. The molecule has 0 heterocycles. The number of unbranched alkanes of at least 4 members (excludes halogenated alkanes) is 22. The van der Waals surface area contributed by atoms with Crippen molar-refractivity contribution in [3.63, 3.8) is 0 Å². The van der Waals surface area contributed by atoms with Crippen LogP contribution in [0.5, 0.6) is 0 Å². The molecule has 0 spiro atoms. The molecule has 69 heavy (non-hydrogen) atoms. The Balaban J connectivity index is 4.49. The molecule has 0 fully saturated rings. The lowest BCUT2D eigenvalue weighted by Gasteiger charge is -2.18. The summed E-state index contributed by atoms with van der Waals surface area (Å²) in [6, 6.07) is 0. The fourth-order valence-electron chi connectivity index (χ4n) is 7.58. The number of ether oxygens (including phenoxy) is 3. The molecule has 392 valence electrons. The van der Waals surface area contributed by atoms with Crippen LogP contribution in [0.3, 0.4) is 0 Å². The second kappa shape index (κ2) is 56.7. The van der Waals surface area contributed by atoms with Crippen LogP contribution in [-0.2, 0) is 28.6 Å². The number of hydrogen-bond acceptors (Lipinski definition) is 6. The van der Waals surface area contributed by atoms with Crippen molar-refractivity contribution in [3.8, 4) is 0 Å². The average molecular weight is 958 g/mol. The van der Waals surface area contributed by atoms with Gasteiger partial charge >= 0.3 is 17.9 Å². The van der Waals surface area contributed by atoms with Gasteiger partial charge in [0.1, 0.15) is 13.2 Å².